The van der Waals surface area contributed by atoms with Gasteiger partial charge in [0.25, 0.3) is 0 Å². The molecule has 128 valence electrons. The van der Waals surface area contributed by atoms with Crippen molar-refractivity contribution < 1.29 is 18.3 Å². The molecule has 1 saturated carbocycles. The van der Waals surface area contributed by atoms with Gasteiger partial charge < -0.3 is 20.5 Å². The van der Waals surface area contributed by atoms with Crippen molar-refractivity contribution >= 4 is 35.6 Å². The zero-order valence-corrected chi connectivity index (χ0v) is 14.9. The number of anilines is 1. The van der Waals surface area contributed by atoms with E-state index in [1.54, 1.807) is 0 Å². The van der Waals surface area contributed by atoms with E-state index in [1.807, 2.05) is 0 Å². The van der Waals surface area contributed by atoms with E-state index in [1.165, 1.54) is 0 Å². The maximum absolute atomic E-state index is 13.5. The minimum atomic E-state index is -0.593. The molecule has 1 saturated heterocycles. The Balaban J connectivity index is 0.00000192. The molecule has 1 unspecified atom stereocenters. The molecule has 5 nitrogen and oxygen atoms in total. The Morgan fingerprint density at radius 3 is 2.83 bits per heavy atom. The summed E-state index contributed by atoms with van der Waals surface area (Å²) in [7, 11) is 0. The van der Waals surface area contributed by atoms with Crippen LogP contribution in [0.15, 0.2) is 23.2 Å². The smallest absolute Gasteiger partial charge is 0.193 e. The summed E-state index contributed by atoms with van der Waals surface area (Å²) in [5.74, 6) is -1.56. The molecule has 23 heavy (non-hydrogen) atoms. The molecule has 0 amide bonds. The summed E-state index contributed by atoms with van der Waals surface area (Å²) >= 11 is 0. The van der Waals surface area contributed by atoms with Gasteiger partial charge in [0.2, 0.25) is 0 Å². The van der Waals surface area contributed by atoms with Crippen molar-refractivity contribution in [3.05, 3.63) is 29.8 Å². The van der Waals surface area contributed by atoms with Crippen LogP contribution in [0.2, 0.25) is 0 Å². The fraction of sp³-hybridized carbons (Fsp3) is 0.533. The van der Waals surface area contributed by atoms with Crippen LogP contribution in [-0.4, -0.2) is 31.0 Å². The second kappa shape index (κ2) is 7.71. The van der Waals surface area contributed by atoms with Crippen LogP contribution in [0.4, 0.5) is 14.5 Å². The number of nitrogens with zero attached hydrogens (tertiary/aromatic N) is 1. The van der Waals surface area contributed by atoms with Gasteiger partial charge in [0, 0.05) is 18.9 Å². The Kier molecular flexibility index (Phi) is 6.15. The fourth-order valence-electron chi connectivity index (χ4n) is 2.85. The van der Waals surface area contributed by atoms with Crippen molar-refractivity contribution in [2.45, 2.75) is 37.6 Å². The lowest BCUT2D eigenvalue weighted by Gasteiger charge is -2.21. The molecule has 1 heterocycles. The molecule has 0 radical (unpaired) electrons. The van der Waals surface area contributed by atoms with Gasteiger partial charge >= 0.3 is 0 Å². The third-order valence-corrected chi connectivity index (χ3v) is 3.94. The first-order chi connectivity index (χ1) is 10.6. The molecule has 2 fully saturated rings. The van der Waals surface area contributed by atoms with Crippen LogP contribution < -0.4 is 11.1 Å². The van der Waals surface area contributed by atoms with Crippen molar-refractivity contribution in [2.75, 3.05) is 18.5 Å². The number of nitrogens with one attached hydrogen (secondary N) is 1. The number of ether oxygens (including phenoxy) is 2. The van der Waals surface area contributed by atoms with Crippen LogP contribution in [-0.2, 0) is 9.47 Å². The van der Waals surface area contributed by atoms with Crippen LogP contribution >= 0.6 is 24.0 Å². The van der Waals surface area contributed by atoms with E-state index in [-0.39, 0.29) is 41.7 Å². The van der Waals surface area contributed by atoms with Crippen LogP contribution in [0, 0.1) is 11.6 Å². The van der Waals surface area contributed by atoms with Crippen molar-refractivity contribution in [1.29, 1.82) is 0 Å². The van der Waals surface area contributed by atoms with Crippen LogP contribution in [0.1, 0.15) is 25.7 Å². The quantitative estimate of drug-likeness (QED) is 0.432. The second-order valence-corrected chi connectivity index (χ2v) is 5.64. The van der Waals surface area contributed by atoms with Crippen molar-refractivity contribution in [2.24, 2.45) is 10.7 Å². The van der Waals surface area contributed by atoms with Gasteiger partial charge in [0.15, 0.2) is 11.7 Å². The Labute approximate surface area is 150 Å². The number of hydrogen-bond acceptors (Lipinski definition) is 3. The molecule has 1 spiro atoms. The SMILES string of the molecule is I.NC(=NCC1COC2(CCCC2)O1)Nc1cc(F)ccc1F. The van der Waals surface area contributed by atoms with Crippen LogP contribution in [0.3, 0.4) is 0 Å². The van der Waals surface area contributed by atoms with Crippen molar-refractivity contribution in [1.82, 2.24) is 0 Å². The highest BCUT2D eigenvalue weighted by Gasteiger charge is 2.43. The highest BCUT2D eigenvalue weighted by atomic mass is 127. The van der Waals surface area contributed by atoms with Gasteiger partial charge in [-0.2, -0.15) is 0 Å². The number of guanidine groups is 1. The number of nitrogens with two attached hydrogens (primary N) is 1. The molecule has 0 bridgehead atoms. The average molecular weight is 439 g/mol. The Morgan fingerprint density at radius 1 is 1.35 bits per heavy atom. The lowest BCUT2D eigenvalue weighted by molar-refractivity contribution is -0.160. The standard InChI is InChI=1S/C15H19F2N3O2.HI/c16-10-3-4-12(17)13(7-10)20-14(18)19-8-11-9-21-15(22-11)5-1-2-6-15;/h3-4,7,11H,1-2,5-6,8-9H2,(H3,18,19,20);1H. The van der Waals surface area contributed by atoms with E-state index < -0.39 is 17.4 Å². The van der Waals surface area contributed by atoms with Gasteiger partial charge in [-0.3, -0.25) is 4.99 Å². The Morgan fingerprint density at radius 2 is 2.09 bits per heavy atom. The summed E-state index contributed by atoms with van der Waals surface area (Å²) in [6.45, 7) is 0.794. The maximum Gasteiger partial charge on any atom is 0.193 e. The zero-order valence-electron chi connectivity index (χ0n) is 12.6. The topological polar surface area (TPSA) is 68.9 Å². The largest absolute Gasteiger partial charge is 0.370 e. The molecule has 0 aromatic heterocycles. The molecule has 1 aliphatic heterocycles. The summed E-state index contributed by atoms with van der Waals surface area (Å²) in [6, 6.07) is 3.10. The summed E-state index contributed by atoms with van der Waals surface area (Å²) in [6.07, 6.45) is 3.89. The van der Waals surface area contributed by atoms with Crippen LogP contribution in [0.25, 0.3) is 0 Å². The van der Waals surface area contributed by atoms with Crippen molar-refractivity contribution in [3.8, 4) is 0 Å². The molecule has 8 heteroatoms. The van der Waals surface area contributed by atoms with Crippen molar-refractivity contribution in [3.63, 3.8) is 0 Å². The van der Waals surface area contributed by atoms with Crippen LogP contribution in [0.5, 0.6) is 0 Å². The monoisotopic (exact) mass is 439 g/mol. The molecule has 3 rings (SSSR count). The normalized spacial score (nSPS) is 23.0. The van der Waals surface area contributed by atoms with E-state index in [0.29, 0.717) is 13.2 Å². The number of hydrogen-bond donors (Lipinski definition) is 2. The number of aliphatic imine (C=N–C) groups is 1. The van der Waals surface area contributed by atoms with E-state index in [9.17, 15) is 8.78 Å². The molecule has 1 aromatic rings. The van der Waals surface area contributed by atoms with E-state index >= 15 is 0 Å². The van der Waals surface area contributed by atoms with Gasteiger partial charge in [-0.05, 0) is 25.0 Å². The maximum atomic E-state index is 13.5. The van der Waals surface area contributed by atoms with E-state index in [4.69, 9.17) is 15.2 Å². The highest BCUT2D eigenvalue weighted by molar-refractivity contribution is 14.0. The molecular formula is C15H20F2IN3O2. The fourth-order valence-corrected chi connectivity index (χ4v) is 2.85. The first kappa shape index (κ1) is 18.3. The first-order valence-electron chi connectivity index (χ1n) is 7.40. The lowest BCUT2D eigenvalue weighted by atomic mass is 10.2. The Bertz CT molecular complexity index is 580. The summed E-state index contributed by atoms with van der Waals surface area (Å²) < 4.78 is 38.2. The lowest BCUT2D eigenvalue weighted by Crippen LogP contribution is -2.28. The summed E-state index contributed by atoms with van der Waals surface area (Å²) in [5.41, 5.74) is 5.66. The predicted octanol–water partition coefficient (Wildman–Crippen LogP) is 3.00. The first-order valence-corrected chi connectivity index (χ1v) is 7.40. The number of halogens is 3. The second-order valence-electron chi connectivity index (χ2n) is 5.64. The summed E-state index contributed by atoms with van der Waals surface area (Å²) in [5, 5.41) is 2.55. The number of benzene rings is 1. The molecular weight excluding hydrogens is 419 g/mol. The molecule has 1 atom stereocenters. The highest BCUT2D eigenvalue weighted by Crippen LogP contribution is 2.39. The van der Waals surface area contributed by atoms with E-state index in [2.05, 4.69) is 10.3 Å². The molecule has 2 aliphatic rings. The van der Waals surface area contributed by atoms with Gasteiger partial charge in [-0.15, -0.1) is 24.0 Å². The minimum Gasteiger partial charge on any atom is -0.370 e. The number of rotatable bonds is 3. The Hall–Kier alpha value is -1.00. The van der Waals surface area contributed by atoms with Gasteiger partial charge in [-0.1, -0.05) is 0 Å². The van der Waals surface area contributed by atoms with Gasteiger partial charge in [0.05, 0.1) is 18.8 Å². The predicted molar refractivity (Wildman–Crippen MR) is 93.9 cm³/mol. The molecule has 1 aromatic carbocycles. The summed E-state index contributed by atoms with van der Waals surface area (Å²) in [4.78, 5) is 4.12. The van der Waals surface area contributed by atoms with E-state index in [0.717, 1.165) is 43.9 Å². The third kappa shape index (κ3) is 4.51. The third-order valence-electron chi connectivity index (χ3n) is 3.94. The minimum absolute atomic E-state index is 0. The van der Waals surface area contributed by atoms with Gasteiger partial charge in [-0.25, -0.2) is 8.78 Å². The zero-order chi connectivity index (χ0) is 15.6. The molecule has 1 aliphatic carbocycles. The average Bonchev–Trinajstić information content (AvgIpc) is 3.11. The van der Waals surface area contributed by atoms with Gasteiger partial charge in [0.1, 0.15) is 17.7 Å². The molecule has 3 N–H and O–H groups in total.